The SMILES string of the molecule is CC[C@H](C)[C@@H]([C@@H](CC(=O)N1CCC[C@H]1[C@H](OC)[C@@H](C)C(=O)N[C@@H](Cc1ccccc1)C(=O)NCc1ccccc1)OC)N(C)C(=O)[C@@H](NC(=O)[C@H](C(C)C)N(C)CCCC(=O)NNC(=O)CCCCCN1C(=O)CC(S)C1=O)C(C)C. The number of hydrogen-bond donors (Lipinski definition) is 6. The number of rotatable bonds is 33. The minimum atomic E-state index is -0.925. The van der Waals surface area contributed by atoms with Crippen molar-refractivity contribution in [3.05, 3.63) is 71.8 Å². The Morgan fingerprint density at radius 1 is 0.753 bits per heavy atom. The van der Waals surface area contributed by atoms with E-state index < -0.39 is 59.5 Å². The number of imide groups is 1. The highest BCUT2D eigenvalue weighted by Gasteiger charge is 2.44. The van der Waals surface area contributed by atoms with Crippen molar-refractivity contribution in [2.45, 2.75) is 180 Å². The molecule has 2 heterocycles. The van der Waals surface area contributed by atoms with Crippen LogP contribution in [0.3, 0.4) is 0 Å². The minimum absolute atomic E-state index is 0.0624. The molecule has 4 rings (SSSR count). The number of benzene rings is 2. The van der Waals surface area contributed by atoms with E-state index in [4.69, 9.17) is 9.47 Å². The Labute approximate surface area is 486 Å². The normalized spacial score (nSPS) is 18.4. The van der Waals surface area contributed by atoms with Crippen molar-refractivity contribution in [1.29, 1.82) is 0 Å². The van der Waals surface area contributed by atoms with Gasteiger partial charge >= 0.3 is 0 Å². The zero-order valence-electron chi connectivity index (χ0n) is 49.7. The Kier molecular flexibility index (Phi) is 28.3. The zero-order chi connectivity index (χ0) is 59.9. The van der Waals surface area contributed by atoms with Gasteiger partial charge in [-0.2, -0.15) is 12.6 Å². The number of likely N-dealkylation sites (tertiary alicyclic amines) is 2. The molecule has 0 radical (unpaired) electrons. The van der Waals surface area contributed by atoms with E-state index in [0.717, 1.165) is 11.1 Å². The van der Waals surface area contributed by atoms with Gasteiger partial charge in [-0.05, 0) is 74.6 Å². The predicted octanol–water partition coefficient (Wildman–Crippen LogP) is 4.59. The number of thiol groups is 1. The maximum atomic E-state index is 14.7. The Morgan fingerprint density at radius 2 is 1.37 bits per heavy atom. The molecule has 2 aromatic carbocycles. The third kappa shape index (κ3) is 20.2. The molecule has 21 heteroatoms. The number of hydrazine groups is 1. The summed E-state index contributed by atoms with van der Waals surface area (Å²) in [5, 5.41) is 8.45. The zero-order valence-corrected chi connectivity index (χ0v) is 50.6. The van der Waals surface area contributed by atoms with Crippen LogP contribution >= 0.6 is 12.6 Å². The second-order valence-electron chi connectivity index (χ2n) is 22.6. The molecule has 10 atom stereocenters. The number of carbonyl (C=O) groups excluding carboxylic acids is 9. The standard InChI is InChI=1S/C60H93N9O11S/c1-12-40(6)54(46(79-10)35-50(72)68-33-22-28-45(68)55(80-11)41(7)56(74)62-44(34-42-24-16-13-17-25-42)57(75)61-37-43-26-18-14-19-27-43)67(9)60(78)52(38(2)3)63-58(76)53(39(4)5)66(8)31-23-30-49(71)65-64-48(70)29-20-15-21-32-69-51(73)36-47(81)59(69)77/h13-14,16-19,24-27,38-41,44-47,52-55,81H,12,15,20-23,28-37H2,1-11H3,(H,61,75)(H,62,74)(H,63,76)(H,64,70)(H,65,71)/t40-,41+,44-,45-,46+,47?,52-,53-,54-,55+/m0/s1. The largest absolute Gasteiger partial charge is 0.379 e. The second-order valence-corrected chi connectivity index (χ2v) is 23.2. The van der Waals surface area contributed by atoms with Gasteiger partial charge in [-0.15, -0.1) is 0 Å². The van der Waals surface area contributed by atoms with Gasteiger partial charge in [0.1, 0.15) is 12.1 Å². The number of methoxy groups -OCH3 is 2. The van der Waals surface area contributed by atoms with Gasteiger partial charge in [0.25, 0.3) is 0 Å². The first-order chi connectivity index (χ1) is 38.5. The van der Waals surface area contributed by atoms with E-state index in [2.05, 4.69) is 39.4 Å². The molecule has 2 aromatic rings. The van der Waals surface area contributed by atoms with E-state index in [1.54, 1.807) is 30.8 Å². The molecule has 9 amide bonds. The first-order valence-electron chi connectivity index (χ1n) is 28.9. The molecule has 81 heavy (non-hydrogen) atoms. The highest BCUT2D eigenvalue weighted by atomic mass is 32.1. The average molecular weight is 1150 g/mol. The highest BCUT2D eigenvalue weighted by Crippen LogP contribution is 2.30. The van der Waals surface area contributed by atoms with Crippen LogP contribution in [-0.4, -0.2) is 168 Å². The third-order valence-corrected chi connectivity index (χ3v) is 16.3. The molecule has 2 aliphatic rings. The van der Waals surface area contributed by atoms with Crippen molar-refractivity contribution in [3.8, 4) is 0 Å². The summed E-state index contributed by atoms with van der Waals surface area (Å²) in [7, 11) is 6.53. The number of hydrogen-bond acceptors (Lipinski definition) is 13. The van der Waals surface area contributed by atoms with Crippen molar-refractivity contribution in [3.63, 3.8) is 0 Å². The molecule has 450 valence electrons. The summed E-state index contributed by atoms with van der Waals surface area (Å²) in [5.74, 6) is -4.24. The van der Waals surface area contributed by atoms with Gasteiger partial charge in [-0.3, -0.25) is 63.8 Å². The number of nitrogens with one attached hydrogen (secondary N) is 5. The van der Waals surface area contributed by atoms with E-state index in [-0.39, 0.29) is 104 Å². The Hall–Kier alpha value is -5.90. The van der Waals surface area contributed by atoms with Gasteiger partial charge in [-0.1, -0.05) is 122 Å². The van der Waals surface area contributed by atoms with Crippen LogP contribution in [0.1, 0.15) is 130 Å². The number of nitrogens with zero attached hydrogens (tertiary/aromatic N) is 4. The minimum Gasteiger partial charge on any atom is -0.379 e. The lowest BCUT2D eigenvalue weighted by atomic mass is 9.89. The maximum Gasteiger partial charge on any atom is 0.245 e. The van der Waals surface area contributed by atoms with E-state index in [1.165, 1.54) is 19.1 Å². The highest BCUT2D eigenvalue weighted by molar-refractivity contribution is 7.81. The average Bonchev–Trinajstić information content (AvgIpc) is 4.02. The molecule has 0 bridgehead atoms. The smallest absolute Gasteiger partial charge is 0.245 e. The molecular weight excluding hydrogens is 1050 g/mol. The number of ether oxygens (including phenoxy) is 2. The van der Waals surface area contributed by atoms with E-state index in [9.17, 15) is 43.2 Å². The Balaban J connectivity index is 1.34. The number of carbonyl (C=O) groups is 9. The van der Waals surface area contributed by atoms with Crippen LogP contribution < -0.4 is 26.8 Å². The van der Waals surface area contributed by atoms with Crippen LogP contribution in [-0.2, 0) is 65.6 Å². The van der Waals surface area contributed by atoms with Crippen molar-refractivity contribution >= 4 is 65.8 Å². The van der Waals surface area contributed by atoms with Gasteiger partial charge in [0.15, 0.2) is 0 Å². The fraction of sp³-hybridized carbons (Fsp3) is 0.650. The summed E-state index contributed by atoms with van der Waals surface area (Å²) in [5.41, 5.74) is 6.69. The topological polar surface area (TPSA) is 245 Å². The summed E-state index contributed by atoms with van der Waals surface area (Å²) in [4.78, 5) is 127. The molecule has 1 unspecified atom stereocenters. The summed E-state index contributed by atoms with van der Waals surface area (Å²) < 4.78 is 12.2. The van der Waals surface area contributed by atoms with Gasteiger partial charge < -0.3 is 35.2 Å². The number of unbranched alkanes of at least 4 members (excludes halogenated alkanes) is 2. The van der Waals surface area contributed by atoms with Crippen LogP contribution in [0.4, 0.5) is 0 Å². The molecule has 5 N–H and O–H groups in total. The Morgan fingerprint density at radius 3 is 1.93 bits per heavy atom. The van der Waals surface area contributed by atoms with Crippen molar-refractivity contribution in [2.24, 2.45) is 23.7 Å². The molecule has 0 spiro atoms. The maximum absolute atomic E-state index is 14.7. The summed E-state index contributed by atoms with van der Waals surface area (Å²) in [6, 6.07) is 15.5. The number of amides is 9. The summed E-state index contributed by atoms with van der Waals surface area (Å²) >= 11 is 4.13. The van der Waals surface area contributed by atoms with Gasteiger partial charge in [0, 0.05) is 66.6 Å². The van der Waals surface area contributed by atoms with Crippen LogP contribution in [0, 0.1) is 23.7 Å². The summed E-state index contributed by atoms with van der Waals surface area (Å²) in [6.07, 6.45) is 3.11. The van der Waals surface area contributed by atoms with Crippen molar-refractivity contribution < 1.29 is 52.6 Å². The van der Waals surface area contributed by atoms with E-state index in [1.807, 2.05) is 107 Å². The monoisotopic (exact) mass is 1150 g/mol. The first kappa shape index (κ1) is 67.6. The van der Waals surface area contributed by atoms with Gasteiger partial charge in [0.2, 0.25) is 53.2 Å². The van der Waals surface area contributed by atoms with E-state index in [0.29, 0.717) is 64.6 Å². The molecule has 20 nitrogen and oxygen atoms in total. The lowest BCUT2D eigenvalue weighted by Gasteiger charge is -2.41. The quantitative estimate of drug-likeness (QED) is 0.0249. The van der Waals surface area contributed by atoms with Crippen LogP contribution in [0.2, 0.25) is 0 Å². The molecule has 0 saturated carbocycles. The molecular formula is C60H93N9O11S. The van der Waals surface area contributed by atoms with Crippen LogP contribution in [0.5, 0.6) is 0 Å². The lowest BCUT2D eigenvalue weighted by Crippen LogP contribution is -2.60. The van der Waals surface area contributed by atoms with Gasteiger partial charge in [0.05, 0.1) is 47.9 Å². The fourth-order valence-electron chi connectivity index (χ4n) is 11.1. The summed E-state index contributed by atoms with van der Waals surface area (Å²) in [6.45, 7) is 14.7. The fourth-order valence-corrected chi connectivity index (χ4v) is 11.4. The van der Waals surface area contributed by atoms with Crippen molar-refractivity contribution in [2.75, 3.05) is 47.9 Å². The van der Waals surface area contributed by atoms with Gasteiger partial charge in [-0.25, -0.2) is 0 Å². The second kappa shape index (κ2) is 33.9. The van der Waals surface area contributed by atoms with Crippen molar-refractivity contribution in [1.82, 2.24) is 46.4 Å². The Bertz CT molecular complexity index is 2380. The van der Waals surface area contributed by atoms with E-state index >= 15 is 0 Å². The molecule has 2 aliphatic heterocycles. The van der Waals surface area contributed by atoms with Crippen LogP contribution in [0.15, 0.2) is 60.7 Å². The number of likely N-dealkylation sites (N-methyl/N-ethyl adjacent to an activating group) is 2. The predicted molar refractivity (Wildman–Crippen MR) is 313 cm³/mol. The third-order valence-electron chi connectivity index (χ3n) is 15.9. The molecule has 0 aromatic heterocycles. The molecule has 2 saturated heterocycles. The lowest BCUT2D eigenvalue weighted by molar-refractivity contribution is -0.148. The van der Waals surface area contributed by atoms with Crippen LogP contribution in [0.25, 0.3) is 0 Å². The molecule has 0 aliphatic carbocycles. The molecule has 2 fully saturated rings. The first-order valence-corrected chi connectivity index (χ1v) is 29.4.